The zero-order valence-electron chi connectivity index (χ0n) is 21.4. The Morgan fingerprint density at radius 1 is 0.865 bits per heavy atom. The summed E-state index contributed by atoms with van der Waals surface area (Å²) in [5.41, 5.74) is 2.34. The first-order valence-corrected chi connectivity index (χ1v) is 12.8. The lowest BCUT2D eigenvalue weighted by atomic mass is 9.95. The highest BCUT2D eigenvalue weighted by atomic mass is 16.5. The van der Waals surface area contributed by atoms with Crippen molar-refractivity contribution in [3.8, 4) is 11.5 Å². The predicted molar refractivity (Wildman–Crippen MR) is 144 cm³/mol. The number of carbonyl (C=O) groups is 2. The molecule has 1 fully saturated rings. The second-order valence-corrected chi connectivity index (χ2v) is 8.96. The molecule has 192 valence electrons. The van der Waals surface area contributed by atoms with E-state index in [1.807, 2.05) is 61.5 Å². The second-order valence-electron chi connectivity index (χ2n) is 8.96. The van der Waals surface area contributed by atoms with Crippen LogP contribution >= 0.6 is 0 Å². The molecule has 0 radical (unpaired) electrons. The van der Waals surface area contributed by atoms with Crippen molar-refractivity contribution in [3.63, 3.8) is 0 Å². The third-order valence-corrected chi connectivity index (χ3v) is 6.43. The van der Waals surface area contributed by atoms with E-state index < -0.39 is 17.7 Å². The lowest BCUT2D eigenvalue weighted by molar-refractivity contribution is -0.139. The molecule has 3 aromatic rings. The van der Waals surface area contributed by atoms with Gasteiger partial charge in [-0.2, -0.15) is 0 Å². The molecule has 4 rings (SSSR count). The number of hydrogen-bond donors (Lipinski definition) is 1. The van der Waals surface area contributed by atoms with Crippen molar-refractivity contribution in [2.75, 3.05) is 19.8 Å². The standard InChI is InChI=1S/C31H33NO5/c1-3-5-21-37-26-15-11-23(12-16-26)28-27(29(33)24-13-17-25(18-14-24)36-4-2)30(34)31(35)32(28)20-19-22-9-7-6-8-10-22/h6-18,28,33H,3-5,19-21H2,1-2H3/t28-/m1/s1. The molecule has 1 amide bonds. The molecule has 3 aromatic carbocycles. The summed E-state index contributed by atoms with van der Waals surface area (Å²) >= 11 is 0. The number of aliphatic hydroxyl groups excluding tert-OH is 1. The van der Waals surface area contributed by atoms with Gasteiger partial charge < -0.3 is 19.5 Å². The van der Waals surface area contributed by atoms with Crippen LogP contribution in [0.5, 0.6) is 11.5 Å². The maximum Gasteiger partial charge on any atom is 0.295 e. The Hall–Kier alpha value is -4.06. The van der Waals surface area contributed by atoms with Gasteiger partial charge >= 0.3 is 0 Å². The molecule has 6 heteroatoms. The van der Waals surface area contributed by atoms with Crippen LogP contribution < -0.4 is 9.47 Å². The van der Waals surface area contributed by atoms with Gasteiger partial charge in [-0.05, 0) is 67.3 Å². The number of ketones is 1. The minimum absolute atomic E-state index is 0.0851. The molecule has 6 nitrogen and oxygen atoms in total. The van der Waals surface area contributed by atoms with E-state index in [0.29, 0.717) is 37.5 Å². The average molecular weight is 500 g/mol. The first-order valence-electron chi connectivity index (χ1n) is 12.8. The van der Waals surface area contributed by atoms with Gasteiger partial charge in [0.05, 0.1) is 24.8 Å². The van der Waals surface area contributed by atoms with Crippen molar-refractivity contribution in [1.29, 1.82) is 0 Å². The van der Waals surface area contributed by atoms with Gasteiger partial charge in [-0.25, -0.2) is 0 Å². The van der Waals surface area contributed by atoms with Crippen LogP contribution in [0.15, 0.2) is 84.4 Å². The van der Waals surface area contributed by atoms with Crippen molar-refractivity contribution < 1.29 is 24.2 Å². The van der Waals surface area contributed by atoms with Gasteiger partial charge in [-0.1, -0.05) is 55.8 Å². The molecule has 0 aliphatic carbocycles. The van der Waals surface area contributed by atoms with Gasteiger partial charge in [-0.3, -0.25) is 9.59 Å². The number of amides is 1. The van der Waals surface area contributed by atoms with Crippen LogP contribution in [0.2, 0.25) is 0 Å². The van der Waals surface area contributed by atoms with E-state index in [-0.39, 0.29) is 11.3 Å². The molecule has 1 saturated heterocycles. The molecule has 0 aromatic heterocycles. The summed E-state index contributed by atoms with van der Waals surface area (Å²) in [7, 11) is 0. The van der Waals surface area contributed by atoms with Gasteiger partial charge in [0.2, 0.25) is 0 Å². The van der Waals surface area contributed by atoms with Crippen LogP contribution in [0.3, 0.4) is 0 Å². The molecule has 0 bridgehead atoms. The summed E-state index contributed by atoms with van der Waals surface area (Å²) < 4.78 is 11.3. The minimum Gasteiger partial charge on any atom is -0.507 e. The van der Waals surface area contributed by atoms with E-state index in [1.54, 1.807) is 29.2 Å². The summed E-state index contributed by atoms with van der Waals surface area (Å²) in [5, 5.41) is 11.3. The Morgan fingerprint density at radius 2 is 1.51 bits per heavy atom. The minimum atomic E-state index is -0.708. The van der Waals surface area contributed by atoms with Crippen LogP contribution in [0.1, 0.15) is 49.4 Å². The summed E-state index contributed by atoms with van der Waals surface area (Å²) in [4.78, 5) is 28.1. The molecule has 0 spiro atoms. The molecule has 1 N–H and O–H groups in total. The number of rotatable bonds is 11. The van der Waals surface area contributed by atoms with Crippen LogP contribution in [-0.4, -0.2) is 41.5 Å². The van der Waals surface area contributed by atoms with Crippen LogP contribution in [0.4, 0.5) is 0 Å². The maximum atomic E-state index is 13.3. The van der Waals surface area contributed by atoms with Gasteiger partial charge in [0.1, 0.15) is 17.3 Å². The second kappa shape index (κ2) is 12.3. The summed E-state index contributed by atoms with van der Waals surface area (Å²) in [6, 6.07) is 23.4. The number of benzene rings is 3. The fraction of sp³-hybridized carbons (Fsp3) is 0.290. The Balaban J connectivity index is 1.70. The number of likely N-dealkylation sites (tertiary alicyclic amines) is 1. The van der Waals surface area contributed by atoms with Crippen LogP contribution in [0.25, 0.3) is 5.76 Å². The largest absolute Gasteiger partial charge is 0.507 e. The van der Waals surface area contributed by atoms with E-state index in [1.165, 1.54) is 0 Å². The highest BCUT2D eigenvalue weighted by molar-refractivity contribution is 6.46. The number of unbranched alkanes of at least 4 members (excludes halogenated alkanes) is 1. The van der Waals surface area contributed by atoms with E-state index >= 15 is 0 Å². The molecule has 1 heterocycles. The maximum absolute atomic E-state index is 13.3. The van der Waals surface area contributed by atoms with Crippen molar-refractivity contribution in [1.82, 2.24) is 4.90 Å². The Morgan fingerprint density at radius 3 is 2.16 bits per heavy atom. The number of hydrogen-bond acceptors (Lipinski definition) is 5. The lowest BCUT2D eigenvalue weighted by Crippen LogP contribution is -2.31. The zero-order valence-corrected chi connectivity index (χ0v) is 21.4. The number of carbonyl (C=O) groups excluding carboxylic acids is 2. The molecular weight excluding hydrogens is 466 g/mol. The third kappa shape index (κ3) is 6.02. The van der Waals surface area contributed by atoms with Crippen molar-refractivity contribution in [3.05, 3.63) is 101 Å². The number of ether oxygens (including phenoxy) is 2. The number of Topliss-reactive ketones (excluding diaryl/α,β-unsaturated/α-hetero) is 1. The first kappa shape index (κ1) is 26.0. The highest BCUT2D eigenvalue weighted by Crippen LogP contribution is 2.40. The van der Waals surface area contributed by atoms with Crippen molar-refractivity contribution in [2.45, 2.75) is 39.2 Å². The summed E-state index contributed by atoms with van der Waals surface area (Å²) in [5.74, 6) is -0.108. The van der Waals surface area contributed by atoms with Crippen LogP contribution in [0, 0.1) is 0 Å². The summed E-state index contributed by atoms with van der Waals surface area (Å²) in [6.07, 6.45) is 2.59. The molecule has 1 aliphatic rings. The third-order valence-electron chi connectivity index (χ3n) is 6.43. The Labute approximate surface area is 218 Å². The topological polar surface area (TPSA) is 76.1 Å². The van der Waals surface area contributed by atoms with Crippen molar-refractivity contribution in [2.24, 2.45) is 0 Å². The molecule has 1 atom stereocenters. The first-order chi connectivity index (χ1) is 18.0. The Bertz CT molecular complexity index is 1230. The molecule has 0 unspecified atom stereocenters. The number of nitrogens with zero attached hydrogens (tertiary/aromatic N) is 1. The normalized spacial score (nSPS) is 16.7. The average Bonchev–Trinajstić information content (AvgIpc) is 3.18. The SMILES string of the molecule is CCCCOc1ccc([C@@H]2C(=C(O)c3ccc(OCC)cc3)C(=O)C(=O)N2CCc2ccccc2)cc1. The van der Waals surface area contributed by atoms with Gasteiger partial charge in [-0.15, -0.1) is 0 Å². The quantitative estimate of drug-likeness (QED) is 0.153. The van der Waals surface area contributed by atoms with E-state index in [9.17, 15) is 14.7 Å². The molecular formula is C31H33NO5. The molecule has 37 heavy (non-hydrogen) atoms. The van der Waals surface area contributed by atoms with Crippen LogP contribution in [-0.2, 0) is 16.0 Å². The molecule has 0 saturated carbocycles. The fourth-order valence-electron chi connectivity index (χ4n) is 4.46. The van der Waals surface area contributed by atoms with Gasteiger partial charge in [0.15, 0.2) is 0 Å². The number of aliphatic hydroxyl groups is 1. The fourth-order valence-corrected chi connectivity index (χ4v) is 4.46. The van der Waals surface area contributed by atoms with Gasteiger partial charge in [0, 0.05) is 12.1 Å². The zero-order chi connectivity index (χ0) is 26.2. The monoisotopic (exact) mass is 499 g/mol. The smallest absolute Gasteiger partial charge is 0.295 e. The van der Waals surface area contributed by atoms with Gasteiger partial charge in [0.25, 0.3) is 11.7 Å². The summed E-state index contributed by atoms with van der Waals surface area (Å²) in [6.45, 7) is 5.49. The Kier molecular flexibility index (Phi) is 8.62. The lowest BCUT2D eigenvalue weighted by Gasteiger charge is -2.25. The molecule has 1 aliphatic heterocycles. The van der Waals surface area contributed by atoms with E-state index in [4.69, 9.17) is 9.47 Å². The highest BCUT2D eigenvalue weighted by Gasteiger charge is 2.45. The van der Waals surface area contributed by atoms with E-state index in [2.05, 4.69) is 6.92 Å². The van der Waals surface area contributed by atoms with Crippen molar-refractivity contribution >= 4 is 17.4 Å². The van der Waals surface area contributed by atoms with E-state index in [0.717, 1.165) is 29.7 Å². The predicted octanol–water partition coefficient (Wildman–Crippen LogP) is 5.93.